The first kappa shape index (κ1) is 11.7. The van der Waals surface area contributed by atoms with Crippen molar-refractivity contribution in [1.82, 2.24) is 5.16 Å². The van der Waals surface area contributed by atoms with Crippen LogP contribution in [0, 0.1) is 0 Å². The Labute approximate surface area is 99.9 Å². The van der Waals surface area contributed by atoms with E-state index < -0.39 is 6.61 Å². The smallest absolute Gasteiger partial charge is 0.387 e. The van der Waals surface area contributed by atoms with Crippen LogP contribution in [0.5, 0.6) is 5.75 Å². The van der Waals surface area contributed by atoms with E-state index in [1.165, 1.54) is 24.3 Å². The van der Waals surface area contributed by atoms with Crippen molar-refractivity contribution in [3.63, 3.8) is 0 Å². The molecular formula is C10H7ClF2N2O2. The number of ether oxygens (including phenoxy) is 1. The molecule has 1 aromatic heterocycles. The Balaban J connectivity index is 2.46. The van der Waals surface area contributed by atoms with Crippen molar-refractivity contribution in [2.75, 3.05) is 5.73 Å². The summed E-state index contributed by atoms with van der Waals surface area (Å²) in [6, 6.07) is 5.58. The summed E-state index contributed by atoms with van der Waals surface area (Å²) in [6.07, 6.45) is 0. The molecule has 0 atom stereocenters. The molecule has 2 N–H and O–H groups in total. The summed E-state index contributed by atoms with van der Waals surface area (Å²) in [5.74, 6) is 0.296. The zero-order valence-electron chi connectivity index (χ0n) is 8.36. The van der Waals surface area contributed by atoms with Crippen LogP contribution >= 0.6 is 11.6 Å². The van der Waals surface area contributed by atoms with Crippen LogP contribution in [0.4, 0.5) is 14.6 Å². The van der Waals surface area contributed by atoms with Gasteiger partial charge in [0.15, 0.2) is 11.6 Å². The fourth-order valence-corrected chi connectivity index (χ4v) is 1.48. The van der Waals surface area contributed by atoms with Crippen molar-refractivity contribution in [3.8, 4) is 17.1 Å². The van der Waals surface area contributed by atoms with Gasteiger partial charge in [-0.3, -0.25) is 0 Å². The van der Waals surface area contributed by atoms with E-state index in [0.29, 0.717) is 5.02 Å². The molecule has 0 saturated carbocycles. The van der Waals surface area contributed by atoms with Gasteiger partial charge in [0, 0.05) is 11.1 Å². The standard InChI is InChI=1S/C10H7ClF2N2O2/c11-5-1-2-7(16-10(12)13)6(3-5)8-4-9(14)15-17-8/h1-4,10H,(H2,14,15). The average Bonchev–Trinajstić information content (AvgIpc) is 2.67. The molecule has 0 unspecified atom stereocenters. The van der Waals surface area contributed by atoms with Crippen LogP contribution in [0.3, 0.4) is 0 Å². The maximum absolute atomic E-state index is 12.2. The van der Waals surface area contributed by atoms with Crippen LogP contribution in [0.15, 0.2) is 28.8 Å². The highest BCUT2D eigenvalue weighted by Gasteiger charge is 2.15. The van der Waals surface area contributed by atoms with Crippen molar-refractivity contribution >= 4 is 17.4 Å². The maximum Gasteiger partial charge on any atom is 0.387 e. The number of benzene rings is 1. The summed E-state index contributed by atoms with van der Waals surface area (Å²) in [4.78, 5) is 0. The summed E-state index contributed by atoms with van der Waals surface area (Å²) in [5.41, 5.74) is 5.64. The zero-order chi connectivity index (χ0) is 12.4. The van der Waals surface area contributed by atoms with Gasteiger partial charge in [0.1, 0.15) is 5.75 Å². The highest BCUT2D eigenvalue weighted by atomic mass is 35.5. The molecule has 0 radical (unpaired) electrons. The van der Waals surface area contributed by atoms with E-state index >= 15 is 0 Å². The topological polar surface area (TPSA) is 61.3 Å². The van der Waals surface area contributed by atoms with Gasteiger partial charge < -0.3 is 15.0 Å². The Hall–Kier alpha value is -1.82. The van der Waals surface area contributed by atoms with Crippen LogP contribution < -0.4 is 10.5 Å². The average molecular weight is 261 g/mol. The second-order valence-electron chi connectivity index (χ2n) is 3.14. The lowest BCUT2D eigenvalue weighted by atomic mass is 10.1. The molecule has 0 bridgehead atoms. The van der Waals surface area contributed by atoms with E-state index in [1.807, 2.05) is 0 Å². The number of nitrogens with two attached hydrogens (primary N) is 1. The minimum Gasteiger partial charge on any atom is -0.434 e. The number of hydrogen-bond donors (Lipinski definition) is 1. The number of halogens is 3. The van der Waals surface area contributed by atoms with Gasteiger partial charge >= 0.3 is 6.61 Å². The van der Waals surface area contributed by atoms with Crippen molar-refractivity contribution < 1.29 is 18.0 Å². The lowest BCUT2D eigenvalue weighted by Crippen LogP contribution is -2.02. The molecule has 0 spiro atoms. The Morgan fingerprint density at radius 2 is 2.12 bits per heavy atom. The zero-order valence-corrected chi connectivity index (χ0v) is 9.12. The molecule has 0 aliphatic carbocycles. The van der Waals surface area contributed by atoms with Crippen molar-refractivity contribution in [3.05, 3.63) is 29.3 Å². The third-order valence-electron chi connectivity index (χ3n) is 1.95. The molecule has 4 nitrogen and oxygen atoms in total. The molecule has 0 saturated heterocycles. The van der Waals surface area contributed by atoms with Crippen LogP contribution in [0.1, 0.15) is 0 Å². The van der Waals surface area contributed by atoms with Gasteiger partial charge in [-0.1, -0.05) is 16.8 Å². The van der Waals surface area contributed by atoms with Gasteiger partial charge in [0.2, 0.25) is 0 Å². The van der Waals surface area contributed by atoms with Gasteiger partial charge in [0.25, 0.3) is 0 Å². The largest absolute Gasteiger partial charge is 0.434 e. The fourth-order valence-electron chi connectivity index (χ4n) is 1.31. The number of hydrogen-bond acceptors (Lipinski definition) is 4. The molecular weight excluding hydrogens is 254 g/mol. The molecule has 1 aromatic carbocycles. The van der Waals surface area contributed by atoms with Crippen LogP contribution in [0.25, 0.3) is 11.3 Å². The number of aromatic nitrogens is 1. The Morgan fingerprint density at radius 1 is 1.35 bits per heavy atom. The minimum atomic E-state index is -2.94. The number of rotatable bonds is 3. The summed E-state index contributed by atoms with van der Waals surface area (Å²) in [5, 5.41) is 3.82. The van der Waals surface area contributed by atoms with E-state index in [1.54, 1.807) is 0 Å². The first-order valence-corrected chi connectivity index (χ1v) is 4.91. The summed E-state index contributed by atoms with van der Waals surface area (Å²) in [6.45, 7) is -2.94. The highest BCUT2D eigenvalue weighted by Crippen LogP contribution is 2.34. The number of alkyl halides is 2. The minimum absolute atomic E-state index is 0.0550. The molecule has 0 amide bonds. The maximum atomic E-state index is 12.2. The van der Waals surface area contributed by atoms with Crippen molar-refractivity contribution in [1.29, 1.82) is 0 Å². The monoisotopic (exact) mass is 260 g/mol. The third kappa shape index (κ3) is 2.65. The first-order chi connectivity index (χ1) is 8.06. The quantitative estimate of drug-likeness (QED) is 0.921. The van der Waals surface area contributed by atoms with Gasteiger partial charge in [0.05, 0.1) is 5.56 Å². The van der Waals surface area contributed by atoms with Crippen molar-refractivity contribution in [2.45, 2.75) is 6.61 Å². The van der Waals surface area contributed by atoms with Gasteiger partial charge in [-0.15, -0.1) is 0 Å². The van der Waals surface area contributed by atoms with Crippen LogP contribution in [-0.4, -0.2) is 11.8 Å². The van der Waals surface area contributed by atoms with Crippen LogP contribution in [0.2, 0.25) is 5.02 Å². The molecule has 1 heterocycles. The SMILES string of the molecule is Nc1cc(-c2cc(Cl)ccc2OC(F)F)on1. The lowest BCUT2D eigenvalue weighted by Gasteiger charge is -2.08. The normalized spacial score (nSPS) is 10.8. The van der Waals surface area contributed by atoms with Gasteiger partial charge in [-0.2, -0.15) is 8.78 Å². The number of anilines is 1. The molecule has 0 aliphatic rings. The Morgan fingerprint density at radius 3 is 2.71 bits per heavy atom. The summed E-state index contributed by atoms with van der Waals surface area (Å²) in [7, 11) is 0. The molecule has 0 fully saturated rings. The second kappa shape index (κ2) is 4.58. The molecule has 90 valence electrons. The predicted octanol–water partition coefficient (Wildman–Crippen LogP) is 3.18. The van der Waals surface area contributed by atoms with E-state index in [0.717, 1.165) is 0 Å². The van der Waals surface area contributed by atoms with Crippen molar-refractivity contribution in [2.24, 2.45) is 0 Å². The third-order valence-corrected chi connectivity index (χ3v) is 2.19. The Bertz CT molecular complexity index is 531. The summed E-state index contributed by atoms with van der Waals surface area (Å²) >= 11 is 5.77. The Kier molecular flexibility index (Phi) is 3.14. The molecule has 17 heavy (non-hydrogen) atoms. The van der Waals surface area contributed by atoms with E-state index in [4.69, 9.17) is 21.9 Å². The molecule has 7 heteroatoms. The molecule has 2 rings (SSSR count). The lowest BCUT2D eigenvalue weighted by molar-refractivity contribution is -0.0495. The fraction of sp³-hybridized carbons (Fsp3) is 0.100. The molecule has 0 aliphatic heterocycles. The molecule has 2 aromatic rings. The summed E-state index contributed by atoms with van der Waals surface area (Å²) < 4.78 is 33.6. The number of nitrogen functional groups attached to an aromatic ring is 1. The second-order valence-corrected chi connectivity index (χ2v) is 3.57. The van der Waals surface area contributed by atoms with Crippen LogP contribution in [-0.2, 0) is 0 Å². The highest BCUT2D eigenvalue weighted by molar-refractivity contribution is 6.30. The van der Waals surface area contributed by atoms with Gasteiger partial charge in [-0.05, 0) is 18.2 Å². The predicted molar refractivity (Wildman–Crippen MR) is 58.0 cm³/mol. The van der Waals surface area contributed by atoms with E-state index in [2.05, 4.69) is 9.89 Å². The van der Waals surface area contributed by atoms with E-state index in [9.17, 15) is 8.78 Å². The number of nitrogens with zero attached hydrogens (tertiary/aromatic N) is 1. The van der Waals surface area contributed by atoms with E-state index in [-0.39, 0.29) is 22.9 Å². The van der Waals surface area contributed by atoms with Gasteiger partial charge in [-0.25, -0.2) is 0 Å². The first-order valence-electron chi connectivity index (χ1n) is 4.53.